The summed E-state index contributed by atoms with van der Waals surface area (Å²) in [5, 5.41) is 10.5. The van der Waals surface area contributed by atoms with Gasteiger partial charge < -0.3 is 10.5 Å². The Labute approximate surface area is 88.0 Å². The van der Waals surface area contributed by atoms with Crippen molar-refractivity contribution < 1.29 is 9.66 Å². The van der Waals surface area contributed by atoms with E-state index in [2.05, 4.69) is 0 Å². The zero-order valence-electron chi connectivity index (χ0n) is 8.77. The van der Waals surface area contributed by atoms with Gasteiger partial charge in [0, 0.05) is 12.1 Å². The highest BCUT2D eigenvalue weighted by Gasteiger charge is 2.09. The van der Waals surface area contributed by atoms with Crippen LogP contribution >= 0.6 is 0 Å². The maximum absolute atomic E-state index is 10.5. The maximum Gasteiger partial charge on any atom is 0.273 e. The average molecular weight is 210 g/mol. The van der Waals surface area contributed by atoms with Crippen LogP contribution in [0.15, 0.2) is 18.2 Å². The molecule has 0 radical (unpaired) electrons. The van der Waals surface area contributed by atoms with Crippen LogP contribution in [0.3, 0.4) is 0 Å². The minimum absolute atomic E-state index is 0.0280. The van der Waals surface area contributed by atoms with Gasteiger partial charge in [0.15, 0.2) is 0 Å². The molecule has 1 rings (SSSR count). The molecule has 5 heteroatoms. The van der Waals surface area contributed by atoms with Gasteiger partial charge in [-0.05, 0) is 25.5 Å². The second kappa shape index (κ2) is 4.75. The lowest BCUT2D eigenvalue weighted by molar-refractivity contribution is -0.384. The average Bonchev–Trinajstić information content (AvgIpc) is 2.16. The zero-order valence-corrected chi connectivity index (χ0v) is 8.77. The van der Waals surface area contributed by atoms with E-state index >= 15 is 0 Å². The molecule has 82 valence electrons. The number of hydrogen-bond acceptors (Lipinski definition) is 4. The van der Waals surface area contributed by atoms with Crippen LogP contribution in [0.4, 0.5) is 5.69 Å². The monoisotopic (exact) mass is 210 g/mol. The van der Waals surface area contributed by atoms with Gasteiger partial charge in [0.2, 0.25) is 0 Å². The van der Waals surface area contributed by atoms with Crippen molar-refractivity contribution in [3.8, 4) is 5.75 Å². The third-order valence-corrected chi connectivity index (χ3v) is 1.88. The van der Waals surface area contributed by atoms with Crippen LogP contribution in [0.1, 0.15) is 12.5 Å². The van der Waals surface area contributed by atoms with Crippen molar-refractivity contribution in [3.63, 3.8) is 0 Å². The molecule has 0 heterocycles. The van der Waals surface area contributed by atoms with E-state index in [1.807, 2.05) is 13.8 Å². The second-order valence-corrected chi connectivity index (χ2v) is 3.50. The lowest BCUT2D eigenvalue weighted by Gasteiger charge is -2.10. The van der Waals surface area contributed by atoms with Crippen LogP contribution in [-0.2, 0) is 0 Å². The Morgan fingerprint density at radius 2 is 2.27 bits per heavy atom. The maximum atomic E-state index is 10.5. The molecule has 1 aromatic carbocycles. The summed E-state index contributed by atoms with van der Waals surface area (Å²) in [4.78, 5) is 10.1. The SMILES string of the molecule is Cc1ccc([N+](=O)[O-])cc1OCC(C)N. The van der Waals surface area contributed by atoms with Gasteiger partial charge in [0.05, 0.1) is 11.0 Å². The van der Waals surface area contributed by atoms with Crippen molar-refractivity contribution in [3.05, 3.63) is 33.9 Å². The van der Waals surface area contributed by atoms with E-state index in [1.165, 1.54) is 12.1 Å². The Morgan fingerprint density at radius 1 is 1.60 bits per heavy atom. The van der Waals surface area contributed by atoms with Crippen molar-refractivity contribution in [1.29, 1.82) is 0 Å². The van der Waals surface area contributed by atoms with Gasteiger partial charge in [-0.25, -0.2) is 0 Å². The van der Waals surface area contributed by atoms with Gasteiger partial charge in [-0.3, -0.25) is 10.1 Å². The van der Waals surface area contributed by atoms with Crippen molar-refractivity contribution in [2.24, 2.45) is 5.73 Å². The van der Waals surface area contributed by atoms with Crippen molar-refractivity contribution in [2.75, 3.05) is 6.61 Å². The van der Waals surface area contributed by atoms with E-state index in [9.17, 15) is 10.1 Å². The van der Waals surface area contributed by atoms with E-state index in [0.29, 0.717) is 12.4 Å². The molecule has 0 spiro atoms. The smallest absolute Gasteiger partial charge is 0.273 e. The topological polar surface area (TPSA) is 78.4 Å². The minimum Gasteiger partial charge on any atom is -0.491 e. The Morgan fingerprint density at radius 3 is 2.80 bits per heavy atom. The van der Waals surface area contributed by atoms with Gasteiger partial charge in [0.25, 0.3) is 5.69 Å². The standard InChI is InChI=1S/C10H14N2O3/c1-7-3-4-9(12(13)14)5-10(7)15-6-8(2)11/h3-5,8H,6,11H2,1-2H3. The first-order valence-electron chi connectivity index (χ1n) is 4.64. The Bertz CT molecular complexity index is 364. The number of non-ortho nitro benzene ring substituents is 1. The van der Waals surface area contributed by atoms with E-state index in [1.54, 1.807) is 6.07 Å². The molecular weight excluding hydrogens is 196 g/mol. The van der Waals surface area contributed by atoms with Crippen molar-refractivity contribution >= 4 is 5.69 Å². The van der Waals surface area contributed by atoms with Gasteiger partial charge >= 0.3 is 0 Å². The summed E-state index contributed by atoms with van der Waals surface area (Å²) in [6.07, 6.45) is 0. The molecule has 1 atom stereocenters. The third-order valence-electron chi connectivity index (χ3n) is 1.88. The molecule has 1 aromatic rings. The lowest BCUT2D eigenvalue weighted by atomic mass is 10.2. The van der Waals surface area contributed by atoms with Crippen LogP contribution in [0.2, 0.25) is 0 Å². The van der Waals surface area contributed by atoms with Crippen LogP contribution in [0, 0.1) is 17.0 Å². The molecule has 1 unspecified atom stereocenters. The van der Waals surface area contributed by atoms with Gasteiger partial charge in [-0.15, -0.1) is 0 Å². The number of aryl methyl sites for hydroxylation is 1. The van der Waals surface area contributed by atoms with Crippen molar-refractivity contribution in [1.82, 2.24) is 0 Å². The van der Waals surface area contributed by atoms with Crippen molar-refractivity contribution in [2.45, 2.75) is 19.9 Å². The molecule has 5 nitrogen and oxygen atoms in total. The Balaban J connectivity index is 2.85. The lowest BCUT2D eigenvalue weighted by Crippen LogP contribution is -2.23. The second-order valence-electron chi connectivity index (χ2n) is 3.50. The summed E-state index contributed by atoms with van der Waals surface area (Å²) in [5.74, 6) is 0.515. The Hall–Kier alpha value is -1.62. The van der Waals surface area contributed by atoms with E-state index in [0.717, 1.165) is 5.56 Å². The molecule has 0 fully saturated rings. The largest absolute Gasteiger partial charge is 0.491 e. The predicted molar refractivity (Wildman–Crippen MR) is 57.0 cm³/mol. The first-order valence-corrected chi connectivity index (χ1v) is 4.64. The van der Waals surface area contributed by atoms with Crippen LogP contribution in [0.25, 0.3) is 0 Å². The number of nitrogens with zero attached hydrogens (tertiary/aromatic N) is 1. The molecule has 0 saturated heterocycles. The fourth-order valence-electron chi connectivity index (χ4n) is 1.08. The van der Waals surface area contributed by atoms with E-state index < -0.39 is 4.92 Å². The van der Waals surface area contributed by atoms with Crippen LogP contribution in [-0.4, -0.2) is 17.6 Å². The van der Waals surface area contributed by atoms with E-state index in [-0.39, 0.29) is 11.7 Å². The highest BCUT2D eigenvalue weighted by Crippen LogP contribution is 2.23. The third kappa shape index (κ3) is 3.21. The highest BCUT2D eigenvalue weighted by atomic mass is 16.6. The number of rotatable bonds is 4. The molecular formula is C10H14N2O3. The molecule has 0 aromatic heterocycles. The molecule has 0 aliphatic carbocycles. The number of nitro groups is 1. The molecule has 0 aliphatic heterocycles. The normalized spacial score (nSPS) is 12.2. The summed E-state index contributed by atoms with van der Waals surface area (Å²) in [6.45, 7) is 3.99. The number of ether oxygens (including phenoxy) is 1. The van der Waals surface area contributed by atoms with Gasteiger partial charge in [0.1, 0.15) is 12.4 Å². The quantitative estimate of drug-likeness (QED) is 0.605. The fourth-order valence-corrected chi connectivity index (χ4v) is 1.08. The summed E-state index contributed by atoms with van der Waals surface area (Å²) < 4.78 is 5.36. The zero-order chi connectivity index (χ0) is 11.4. The predicted octanol–water partition coefficient (Wildman–Crippen LogP) is 1.63. The molecule has 2 N–H and O–H groups in total. The molecule has 0 aliphatic rings. The fraction of sp³-hybridized carbons (Fsp3) is 0.400. The summed E-state index contributed by atoms with van der Waals surface area (Å²) in [5.41, 5.74) is 6.42. The number of nitro benzene ring substituents is 1. The Kier molecular flexibility index (Phi) is 3.62. The summed E-state index contributed by atoms with van der Waals surface area (Å²) in [6, 6.07) is 4.43. The summed E-state index contributed by atoms with van der Waals surface area (Å²) in [7, 11) is 0. The van der Waals surface area contributed by atoms with Gasteiger partial charge in [-0.1, -0.05) is 0 Å². The number of nitrogens with two attached hydrogens (primary N) is 1. The first-order chi connectivity index (χ1) is 7.00. The molecule has 0 amide bonds. The summed E-state index contributed by atoms with van der Waals surface area (Å²) >= 11 is 0. The number of benzene rings is 1. The molecule has 0 saturated carbocycles. The van der Waals surface area contributed by atoms with Crippen LogP contribution < -0.4 is 10.5 Å². The number of hydrogen-bond donors (Lipinski definition) is 1. The highest BCUT2D eigenvalue weighted by molar-refractivity contribution is 5.43. The van der Waals surface area contributed by atoms with Crippen LogP contribution in [0.5, 0.6) is 5.75 Å². The van der Waals surface area contributed by atoms with Gasteiger partial charge in [-0.2, -0.15) is 0 Å². The van der Waals surface area contributed by atoms with E-state index in [4.69, 9.17) is 10.5 Å². The minimum atomic E-state index is -0.446. The molecule has 0 bridgehead atoms. The first kappa shape index (κ1) is 11.5. The molecule has 15 heavy (non-hydrogen) atoms.